The summed E-state index contributed by atoms with van der Waals surface area (Å²) in [6.45, 7) is 7.61. The van der Waals surface area contributed by atoms with Gasteiger partial charge in [0.05, 0.1) is 0 Å². The maximum Gasteiger partial charge on any atom is 0.120 e. The van der Waals surface area contributed by atoms with E-state index in [0.717, 1.165) is 69.9 Å². The number of nitrogens with zero attached hydrogens (tertiary/aromatic N) is 3. The van der Waals surface area contributed by atoms with Gasteiger partial charge in [-0.3, -0.25) is 0 Å². The van der Waals surface area contributed by atoms with Gasteiger partial charge in [0.25, 0.3) is 0 Å². The second-order valence-electron chi connectivity index (χ2n) is 9.34. The molecule has 31 heavy (non-hydrogen) atoms. The van der Waals surface area contributed by atoms with E-state index in [9.17, 15) is 0 Å². The van der Waals surface area contributed by atoms with Crippen LogP contribution in [0.25, 0.3) is 21.8 Å². The Balaban J connectivity index is 1.44. The molecule has 0 amide bonds. The molecule has 3 heterocycles. The average molecular weight is 422 g/mol. The van der Waals surface area contributed by atoms with E-state index in [4.69, 9.17) is 9.47 Å². The normalized spacial score (nSPS) is 20.0. The first kappa shape index (κ1) is 20.7. The quantitative estimate of drug-likeness (QED) is 0.594. The van der Waals surface area contributed by atoms with Crippen molar-refractivity contribution in [1.82, 2.24) is 14.4 Å². The number of hydrogen-bond donors (Lipinski definition) is 0. The molecule has 2 fully saturated rings. The molecule has 5 rings (SSSR count). The van der Waals surface area contributed by atoms with Gasteiger partial charge in [-0.05, 0) is 83.1 Å². The van der Waals surface area contributed by atoms with Crippen LogP contribution in [0.1, 0.15) is 32.6 Å². The highest BCUT2D eigenvalue weighted by molar-refractivity contribution is 6.09. The molecule has 0 atom stereocenters. The third kappa shape index (κ3) is 4.26. The van der Waals surface area contributed by atoms with E-state index in [2.05, 4.69) is 71.8 Å². The largest absolute Gasteiger partial charge is 0.490 e. The minimum Gasteiger partial charge on any atom is -0.490 e. The summed E-state index contributed by atoms with van der Waals surface area (Å²) >= 11 is 0. The summed E-state index contributed by atoms with van der Waals surface area (Å²) in [6, 6.07) is 13.2. The standard InChI is InChI=1S/C26H35N3O2/c1-4-29-25-7-5-21(30-19-9-13-27(2)14-10-19)17-23(25)24-18-22(6-8-26(24)29)31-20-11-15-28(3)16-12-20/h5-8,17-20H,4,9-16H2,1-3H3. The first-order chi connectivity index (χ1) is 15.1. The Labute approximate surface area is 185 Å². The summed E-state index contributed by atoms with van der Waals surface area (Å²) in [5.41, 5.74) is 2.54. The molecule has 2 aliphatic rings. The van der Waals surface area contributed by atoms with Gasteiger partial charge in [0, 0.05) is 54.5 Å². The van der Waals surface area contributed by atoms with Crippen LogP contribution in [0.2, 0.25) is 0 Å². The minimum absolute atomic E-state index is 0.316. The van der Waals surface area contributed by atoms with Crippen LogP contribution >= 0.6 is 0 Å². The average Bonchev–Trinajstić information content (AvgIpc) is 3.09. The van der Waals surface area contributed by atoms with Crippen LogP contribution in [0.3, 0.4) is 0 Å². The summed E-state index contributed by atoms with van der Waals surface area (Å²) in [6.07, 6.45) is 5.02. The van der Waals surface area contributed by atoms with E-state index in [1.165, 1.54) is 21.8 Å². The smallest absolute Gasteiger partial charge is 0.120 e. The minimum atomic E-state index is 0.316. The van der Waals surface area contributed by atoms with Crippen molar-refractivity contribution in [2.75, 3.05) is 40.3 Å². The number of aryl methyl sites for hydroxylation is 1. The summed E-state index contributed by atoms with van der Waals surface area (Å²) in [4.78, 5) is 4.76. The molecule has 0 aliphatic carbocycles. The first-order valence-corrected chi connectivity index (χ1v) is 11.9. The Bertz CT molecular complexity index is 962. The molecule has 2 saturated heterocycles. The fourth-order valence-corrected chi connectivity index (χ4v) is 5.14. The van der Waals surface area contributed by atoms with E-state index >= 15 is 0 Å². The predicted octanol–water partition coefficient (Wildman–Crippen LogP) is 4.76. The molecule has 0 bridgehead atoms. The molecule has 0 saturated carbocycles. The SMILES string of the molecule is CCn1c2ccc(OC3CCN(C)CC3)cc2c2cc(OC3CCN(C)CC3)ccc21. The van der Waals surface area contributed by atoms with Crippen molar-refractivity contribution in [2.45, 2.75) is 51.4 Å². The van der Waals surface area contributed by atoms with Crippen LogP contribution in [0, 0.1) is 0 Å². The van der Waals surface area contributed by atoms with E-state index < -0.39 is 0 Å². The van der Waals surface area contributed by atoms with Crippen molar-refractivity contribution in [3.05, 3.63) is 36.4 Å². The molecular weight excluding hydrogens is 386 g/mol. The van der Waals surface area contributed by atoms with Crippen LogP contribution in [-0.4, -0.2) is 66.8 Å². The van der Waals surface area contributed by atoms with Gasteiger partial charge in [0.2, 0.25) is 0 Å². The summed E-state index contributed by atoms with van der Waals surface area (Å²) in [5, 5.41) is 2.52. The van der Waals surface area contributed by atoms with Gasteiger partial charge in [-0.2, -0.15) is 0 Å². The second kappa shape index (κ2) is 8.71. The van der Waals surface area contributed by atoms with Crippen LogP contribution in [-0.2, 0) is 6.54 Å². The molecule has 1 aromatic heterocycles. The number of benzene rings is 2. The lowest BCUT2D eigenvalue weighted by atomic mass is 10.1. The van der Waals surface area contributed by atoms with E-state index in [0.29, 0.717) is 12.2 Å². The molecule has 0 radical (unpaired) electrons. The number of hydrogen-bond acceptors (Lipinski definition) is 4. The lowest BCUT2D eigenvalue weighted by Gasteiger charge is -2.29. The van der Waals surface area contributed by atoms with Gasteiger partial charge in [-0.1, -0.05) is 0 Å². The zero-order valence-electron chi connectivity index (χ0n) is 19.1. The Morgan fingerprint density at radius 3 is 1.52 bits per heavy atom. The molecule has 0 unspecified atom stereocenters. The molecule has 0 N–H and O–H groups in total. The molecule has 5 nitrogen and oxygen atoms in total. The van der Waals surface area contributed by atoms with E-state index in [-0.39, 0.29) is 0 Å². The highest BCUT2D eigenvalue weighted by atomic mass is 16.5. The Morgan fingerprint density at radius 2 is 1.13 bits per heavy atom. The highest BCUT2D eigenvalue weighted by Crippen LogP contribution is 2.35. The summed E-state index contributed by atoms with van der Waals surface area (Å²) in [7, 11) is 4.38. The van der Waals surface area contributed by atoms with Crippen molar-refractivity contribution < 1.29 is 9.47 Å². The molecule has 2 aromatic carbocycles. The van der Waals surface area contributed by atoms with E-state index in [1.807, 2.05) is 0 Å². The van der Waals surface area contributed by atoms with E-state index in [1.54, 1.807) is 0 Å². The Morgan fingerprint density at radius 1 is 0.710 bits per heavy atom. The zero-order valence-corrected chi connectivity index (χ0v) is 19.1. The summed E-state index contributed by atoms with van der Waals surface area (Å²) in [5.74, 6) is 1.97. The lowest BCUT2D eigenvalue weighted by molar-refractivity contribution is 0.114. The van der Waals surface area contributed by atoms with Gasteiger partial charge in [-0.25, -0.2) is 0 Å². The molecule has 166 valence electrons. The third-order valence-corrected chi connectivity index (χ3v) is 7.06. The van der Waals surface area contributed by atoms with Crippen LogP contribution in [0.4, 0.5) is 0 Å². The number of fused-ring (bicyclic) bond motifs is 3. The number of likely N-dealkylation sites (tertiary alicyclic amines) is 2. The molecule has 2 aliphatic heterocycles. The molecule has 5 heteroatoms. The van der Waals surface area contributed by atoms with Gasteiger partial charge >= 0.3 is 0 Å². The zero-order chi connectivity index (χ0) is 21.4. The fraction of sp³-hybridized carbons (Fsp3) is 0.538. The second-order valence-corrected chi connectivity index (χ2v) is 9.34. The number of aromatic nitrogens is 1. The van der Waals surface area contributed by atoms with Crippen LogP contribution < -0.4 is 9.47 Å². The van der Waals surface area contributed by atoms with Crippen molar-refractivity contribution in [3.63, 3.8) is 0 Å². The number of piperidine rings is 2. The molecule has 3 aromatic rings. The van der Waals surface area contributed by atoms with Gasteiger partial charge < -0.3 is 23.8 Å². The number of rotatable bonds is 5. The Kier molecular flexibility index (Phi) is 5.81. The van der Waals surface area contributed by atoms with Crippen LogP contribution in [0.15, 0.2) is 36.4 Å². The monoisotopic (exact) mass is 421 g/mol. The van der Waals surface area contributed by atoms with Gasteiger partial charge in [0.15, 0.2) is 0 Å². The van der Waals surface area contributed by atoms with Crippen molar-refractivity contribution in [2.24, 2.45) is 0 Å². The molecular formula is C26H35N3O2. The summed E-state index contributed by atoms with van der Waals surface area (Å²) < 4.78 is 15.2. The lowest BCUT2D eigenvalue weighted by Crippen LogP contribution is -2.35. The predicted molar refractivity (Wildman–Crippen MR) is 127 cm³/mol. The molecule has 0 spiro atoms. The maximum atomic E-state index is 6.39. The fourth-order valence-electron chi connectivity index (χ4n) is 5.14. The van der Waals surface area contributed by atoms with Gasteiger partial charge in [0.1, 0.15) is 23.7 Å². The van der Waals surface area contributed by atoms with Crippen LogP contribution in [0.5, 0.6) is 11.5 Å². The third-order valence-electron chi connectivity index (χ3n) is 7.06. The van der Waals surface area contributed by atoms with Gasteiger partial charge in [-0.15, -0.1) is 0 Å². The van der Waals surface area contributed by atoms with Crippen molar-refractivity contribution in [1.29, 1.82) is 0 Å². The first-order valence-electron chi connectivity index (χ1n) is 11.9. The topological polar surface area (TPSA) is 29.9 Å². The number of ether oxygens (including phenoxy) is 2. The Hall–Kier alpha value is -2.24. The highest BCUT2D eigenvalue weighted by Gasteiger charge is 2.20. The maximum absolute atomic E-state index is 6.39. The van der Waals surface area contributed by atoms with Crippen molar-refractivity contribution in [3.8, 4) is 11.5 Å². The van der Waals surface area contributed by atoms with Crippen molar-refractivity contribution >= 4 is 21.8 Å².